The Balaban J connectivity index is 1.63. The zero-order valence-electron chi connectivity index (χ0n) is 15.5. The minimum atomic E-state index is -0.118. The molecule has 1 aliphatic heterocycles. The fraction of sp³-hybridized carbons (Fsp3) is 0.238. The van der Waals surface area contributed by atoms with Crippen molar-refractivity contribution in [1.82, 2.24) is 10.7 Å². The zero-order valence-corrected chi connectivity index (χ0v) is 15.5. The van der Waals surface area contributed by atoms with Gasteiger partial charge in [-0.2, -0.15) is 0 Å². The van der Waals surface area contributed by atoms with Gasteiger partial charge in [0.25, 0.3) is 5.91 Å². The summed E-state index contributed by atoms with van der Waals surface area (Å²) in [7, 11) is 0. The van der Waals surface area contributed by atoms with Gasteiger partial charge in [0, 0.05) is 23.7 Å². The molecule has 2 fully saturated rings. The molecule has 2 aliphatic rings. The first-order valence-corrected chi connectivity index (χ1v) is 9.19. The van der Waals surface area contributed by atoms with Crippen LogP contribution in [0.5, 0.6) is 5.75 Å². The third-order valence-electron chi connectivity index (χ3n) is 4.95. The molecule has 28 heavy (non-hydrogen) atoms. The number of hydrazine groups is 1. The van der Waals surface area contributed by atoms with E-state index >= 15 is 0 Å². The minimum Gasteiger partial charge on any atom is -0.508 e. The summed E-state index contributed by atoms with van der Waals surface area (Å²) in [5, 5.41) is 33.3. The second kappa shape index (κ2) is 7.01. The van der Waals surface area contributed by atoms with E-state index in [9.17, 15) is 15.0 Å². The monoisotopic (exact) mass is 378 g/mol. The highest BCUT2D eigenvalue weighted by Crippen LogP contribution is 2.29. The third kappa shape index (κ3) is 3.44. The summed E-state index contributed by atoms with van der Waals surface area (Å²) < 4.78 is 0. The lowest BCUT2D eigenvalue weighted by molar-refractivity contribution is 0.0951. The highest BCUT2D eigenvalue weighted by Gasteiger charge is 2.29. The van der Waals surface area contributed by atoms with E-state index in [0.29, 0.717) is 22.4 Å². The molecule has 2 aromatic rings. The molecule has 4 rings (SSSR count). The smallest absolute Gasteiger partial charge is 0.251 e. The number of hydrogen-bond donors (Lipinski definition) is 5. The summed E-state index contributed by atoms with van der Waals surface area (Å²) >= 11 is 0. The lowest BCUT2D eigenvalue weighted by Gasteiger charge is -2.21. The number of phenols is 1. The van der Waals surface area contributed by atoms with Gasteiger partial charge in [-0.05, 0) is 49.6 Å². The maximum Gasteiger partial charge on any atom is 0.251 e. The molecule has 0 atom stereocenters. The number of rotatable bonds is 4. The van der Waals surface area contributed by atoms with E-state index in [1.165, 1.54) is 12.1 Å². The number of aryl methyl sites for hydroxylation is 1. The summed E-state index contributed by atoms with van der Waals surface area (Å²) in [6.07, 6.45) is 2.04. The van der Waals surface area contributed by atoms with Crippen LogP contribution in [-0.4, -0.2) is 34.5 Å². The zero-order chi connectivity index (χ0) is 19.8. The second-order valence-corrected chi connectivity index (χ2v) is 7.15. The number of nitrogens with one attached hydrogen (secondary N) is 3. The molecule has 0 radical (unpaired) electrons. The minimum absolute atomic E-state index is 0.0456. The third-order valence-corrected chi connectivity index (χ3v) is 4.95. The number of amides is 1. The number of aromatic hydroxyl groups is 1. The van der Waals surface area contributed by atoms with E-state index in [-0.39, 0.29) is 35.8 Å². The molecule has 0 unspecified atom stereocenters. The van der Waals surface area contributed by atoms with Crippen LogP contribution in [0.4, 0.5) is 5.69 Å². The fourth-order valence-electron chi connectivity index (χ4n) is 3.17. The number of amidine groups is 1. The summed E-state index contributed by atoms with van der Waals surface area (Å²) in [4.78, 5) is 12.4. The van der Waals surface area contributed by atoms with Crippen LogP contribution in [0, 0.1) is 12.3 Å². The molecule has 144 valence electrons. The van der Waals surface area contributed by atoms with Crippen LogP contribution in [0.1, 0.15) is 34.3 Å². The molecule has 1 aliphatic carbocycles. The van der Waals surface area contributed by atoms with Gasteiger partial charge < -0.3 is 15.5 Å². The van der Waals surface area contributed by atoms with Crippen molar-refractivity contribution < 1.29 is 15.0 Å². The average Bonchev–Trinajstić information content (AvgIpc) is 3.41. The normalized spacial score (nSPS) is 18.3. The van der Waals surface area contributed by atoms with Gasteiger partial charge >= 0.3 is 0 Å². The van der Waals surface area contributed by atoms with Gasteiger partial charge in [0.05, 0.1) is 11.3 Å². The van der Waals surface area contributed by atoms with Crippen molar-refractivity contribution in [2.45, 2.75) is 25.8 Å². The summed E-state index contributed by atoms with van der Waals surface area (Å²) in [6.45, 7) is 2.17. The van der Waals surface area contributed by atoms with Crippen LogP contribution < -0.4 is 15.8 Å². The van der Waals surface area contributed by atoms with Gasteiger partial charge in [-0.3, -0.25) is 15.2 Å². The van der Waals surface area contributed by atoms with E-state index < -0.39 is 0 Å². The number of aliphatic hydroxyl groups excluding tert-OH is 1. The molecule has 1 amide bonds. The Labute approximate surface area is 162 Å². The van der Waals surface area contributed by atoms with Crippen LogP contribution in [-0.2, 0) is 0 Å². The van der Waals surface area contributed by atoms with Crippen LogP contribution >= 0.6 is 0 Å². The van der Waals surface area contributed by atoms with E-state index in [4.69, 9.17) is 5.41 Å². The van der Waals surface area contributed by atoms with Crippen molar-refractivity contribution in [1.29, 1.82) is 5.41 Å². The number of nitrogens with zero attached hydrogens (tertiary/aromatic N) is 1. The summed E-state index contributed by atoms with van der Waals surface area (Å²) in [5.41, 5.74) is 6.08. The lowest BCUT2D eigenvalue weighted by Crippen LogP contribution is -2.35. The molecule has 1 saturated heterocycles. The molecule has 0 aromatic heterocycles. The van der Waals surface area contributed by atoms with Crippen molar-refractivity contribution in [3.05, 3.63) is 64.7 Å². The number of aliphatic hydroxyl groups is 1. The van der Waals surface area contributed by atoms with Gasteiger partial charge in [0.15, 0.2) is 0 Å². The average molecular weight is 378 g/mol. The molecule has 0 bridgehead atoms. The maximum absolute atomic E-state index is 12.4. The standard InChI is InChI=1S/C21H22N4O3/c1-12-5-6-14(21(28)24-15-7-8-15)10-18(12)25-20(22)17(11-23-25)19(27)13-3-2-4-16(26)9-13/h2-6,9-10,15,22-23,26-27H,7-8,11H2,1H3,(H,24,28). The van der Waals surface area contributed by atoms with E-state index in [0.717, 1.165) is 18.4 Å². The SMILES string of the molecule is Cc1ccc(C(=O)NC2CC2)cc1N1NCC(=C(O)c2cccc(O)c2)C1=N. The molecule has 5 N–H and O–H groups in total. The Kier molecular flexibility index (Phi) is 4.52. The molecule has 7 heteroatoms. The Bertz CT molecular complexity index is 995. The van der Waals surface area contributed by atoms with Gasteiger partial charge in [-0.25, -0.2) is 5.43 Å². The summed E-state index contributed by atoms with van der Waals surface area (Å²) in [6, 6.07) is 11.9. The quantitative estimate of drug-likeness (QED) is 0.526. The molecular formula is C21H22N4O3. The summed E-state index contributed by atoms with van der Waals surface area (Å²) in [5.74, 6) is -0.0306. The number of hydrogen-bond acceptors (Lipinski definition) is 5. The topological polar surface area (TPSA) is 109 Å². The van der Waals surface area contributed by atoms with Gasteiger partial charge in [0.1, 0.15) is 17.3 Å². The molecule has 0 spiro atoms. The number of carbonyl (C=O) groups excluding carboxylic acids is 1. The van der Waals surface area contributed by atoms with Gasteiger partial charge in [0.2, 0.25) is 0 Å². The van der Waals surface area contributed by atoms with Crippen molar-refractivity contribution >= 4 is 23.2 Å². The van der Waals surface area contributed by atoms with Crippen LogP contribution in [0.15, 0.2) is 48.0 Å². The first kappa shape index (κ1) is 18.1. The van der Waals surface area contributed by atoms with E-state index in [1.54, 1.807) is 29.3 Å². The highest BCUT2D eigenvalue weighted by molar-refractivity contribution is 6.13. The molecule has 2 aromatic carbocycles. The van der Waals surface area contributed by atoms with E-state index in [1.807, 2.05) is 13.0 Å². The number of benzene rings is 2. The molecule has 1 heterocycles. The second-order valence-electron chi connectivity index (χ2n) is 7.15. The number of carbonyl (C=O) groups is 1. The maximum atomic E-state index is 12.4. The predicted molar refractivity (Wildman–Crippen MR) is 108 cm³/mol. The van der Waals surface area contributed by atoms with Crippen molar-refractivity contribution in [2.75, 3.05) is 11.6 Å². The van der Waals surface area contributed by atoms with Crippen molar-refractivity contribution in [3.8, 4) is 5.75 Å². The fourth-order valence-corrected chi connectivity index (χ4v) is 3.17. The predicted octanol–water partition coefficient (Wildman–Crippen LogP) is 2.86. The Morgan fingerprint density at radius 2 is 2.00 bits per heavy atom. The van der Waals surface area contributed by atoms with Gasteiger partial charge in [-0.15, -0.1) is 0 Å². The number of anilines is 1. The van der Waals surface area contributed by atoms with Crippen molar-refractivity contribution in [3.63, 3.8) is 0 Å². The molecule has 7 nitrogen and oxygen atoms in total. The first-order chi connectivity index (χ1) is 13.4. The highest BCUT2D eigenvalue weighted by atomic mass is 16.3. The van der Waals surface area contributed by atoms with Crippen molar-refractivity contribution in [2.24, 2.45) is 0 Å². The van der Waals surface area contributed by atoms with E-state index in [2.05, 4.69) is 10.7 Å². The number of phenolic OH excluding ortho intramolecular Hbond substituents is 1. The molecule has 1 saturated carbocycles. The Morgan fingerprint density at radius 1 is 1.21 bits per heavy atom. The molecular weight excluding hydrogens is 356 g/mol. The van der Waals surface area contributed by atoms with Crippen LogP contribution in [0.2, 0.25) is 0 Å². The van der Waals surface area contributed by atoms with Gasteiger partial charge in [-0.1, -0.05) is 18.2 Å². The van der Waals surface area contributed by atoms with Crippen LogP contribution in [0.3, 0.4) is 0 Å². The van der Waals surface area contributed by atoms with Crippen LogP contribution in [0.25, 0.3) is 5.76 Å². The Hall–Kier alpha value is -3.32. The largest absolute Gasteiger partial charge is 0.508 e. The first-order valence-electron chi connectivity index (χ1n) is 9.19. The Morgan fingerprint density at radius 3 is 2.71 bits per heavy atom. The lowest BCUT2D eigenvalue weighted by atomic mass is 10.1.